The predicted octanol–water partition coefficient (Wildman–Crippen LogP) is -0.314. The van der Waals surface area contributed by atoms with Gasteiger partial charge in [0.05, 0.1) is 13.3 Å². The van der Waals surface area contributed by atoms with E-state index in [0.29, 0.717) is 19.8 Å². The minimum Gasteiger partial charge on any atom is -0.465 e. The van der Waals surface area contributed by atoms with E-state index in [1.165, 1.54) is 4.90 Å². The van der Waals surface area contributed by atoms with Gasteiger partial charge in [-0.2, -0.15) is 0 Å². The molecule has 5 heteroatoms. The number of ether oxygens (including phenoxy) is 1. The number of carbonyl (C=O) groups is 1. The summed E-state index contributed by atoms with van der Waals surface area (Å²) in [6.07, 6.45) is -0.0332. The van der Waals surface area contributed by atoms with Crippen molar-refractivity contribution in [2.45, 2.75) is 12.0 Å². The Hall–Kier alpha value is -0.810. The molecular weight excluding hydrogens is 160 g/mol. The Labute approximate surface area is 70.3 Å². The molecule has 0 aromatic rings. The van der Waals surface area contributed by atoms with Crippen LogP contribution in [0.4, 0.5) is 4.79 Å². The van der Waals surface area contributed by atoms with Gasteiger partial charge in [0.15, 0.2) is 0 Å². The van der Waals surface area contributed by atoms with Crippen LogP contribution in [0.3, 0.4) is 0 Å². The number of carboxylic acid groups (broad SMARTS) is 1. The molecule has 68 valence electrons. The van der Waals surface area contributed by atoms with Crippen molar-refractivity contribution >= 4 is 6.09 Å². The lowest BCUT2D eigenvalue weighted by Gasteiger charge is -2.20. The van der Waals surface area contributed by atoms with E-state index >= 15 is 0 Å². The van der Waals surface area contributed by atoms with E-state index in [0.717, 1.165) is 13.0 Å². The second-order valence-corrected chi connectivity index (χ2v) is 3.35. The van der Waals surface area contributed by atoms with E-state index < -0.39 is 6.09 Å². The summed E-state index contributed by atoms with van der Waals surface area (Å²) in [5.41, 5.74) is -0.224. The first-order valence-electron chi connectivity index (χ1n) is 4.04. The van der Waals surface area contributed by atoms with Crippen molar-refractivity contribution in [2.75, 3.05) is 26.4 Å². The van der Waals surface area contributed by atoms with Crippen LogP contribution >= 0.6 is 0 Å². The molecule has 1 unspecified atom stereocenters. The highest BCUT2D eigenvalue weighted by molar-refractivity contribution is 5.65. The Morgan fingerprint density at radius 3 is 3.00 bits per heavy atom. The number of nitrogens with one attached hydrogen (secondary N) is 1. The fourth-order valence-electron chi connectivity index (χ4n) is 1.80. The highest BCUT2D eigenvalue weighted by atomic mass is 16.5. The molecule has 1 spiro atoms. The van der Waals surface area contributed by atoms with Gasteiger partial charge in [0, 0.05) is 13.1 Å². The van der Waals surface area contributed by atoms with Gasteiger partial charge in [0.1, 0.15) is 5.60 Å². The van der Waals surface area contributed by atoms with Crippen molar-refractivity contribution in [1.29, 1.82) is 0 Å². The molecule has 0 saturated carbocycles. The smallest absolute Gasteiger partial charge is 0.407 e. The highest BCUT2D eigenvalue weighted by Crippen LogP contribution is 2.27. The lowest BCUT2D eigenvalue weighted by Crippen LogP contribution is -2.38. The summed E-state index contributed by atoms with van der Waals surface area (Å²) < 4.78 is 5.47. The van der Waals surface area contributed by atoms with Gasteiger partial charge in [-0.25, -0.2) is 4.79 Å². The fourth-order valence-corrected chi connectivity index (χ4v) is 1.80. The van der Waals surface area contributed by atoms with Crippen molar-refractivity contribution in [1.82, 2.24) is 10.2 Å². The zero-order chi connectivity index (χ0) is 8.60. The number of likely N-dealkylation sites (tertiary alicyclic amines) is 1. The first-order chi connectivity index (χ1) is 5.72. The van der Waals surface area contributed by atoms with Crippen molar-refractivity contribution in [3.8, 4) is 0 Å². The summed E-state index contributed by atoms with van der Waals surface area (Å²) in [7, 11) is 0. The Morgan fingerprint density at radius 2 is 2.50 bits per heavy atom. The van der Waals surface area contributed by atoms with Crippen molar-refractivity contribution < 1.29 is 14.6 Å². The Kier molecular flexibility index (Phi) is 1.69. The molecule has 2 heterocycles. The Bertz CT molecular complexity index is 201. The van der Waals surface area contributed by atoms with E-state index in [-0.39, 0.29) is 5.60 Å². The summed E-state index contributed by atoms with van der Waals surface area (Å²) in [4.78, 5) is 12.0. The third-order valence-electron chi connectivity index (χ3n) is 2.51. The molecule has 0 aliphatic carbocycles. The zero-order valence-corrected chi connectivity index (χ0v) is 6.75. The van der Waals surface area contributed by atoms with Crippen LogP contribution in [0.2, 0.25) is 0 Å². The van der Waals surface area contributed by atoms with E-state index in [9.17, 15) is 4.79 Å². The number of hydrogen-bond acceptors (Lipinski definition) is 3. The number of nitrogens with zero attached hydrogens (tertiary/aromatic N) is 1. The number of hydrogen-bond donors (Lipinski definition) is 2. The average Bonchev–Trinajstić information content (AvgIpc) is 2.62. The molecule has 0 radical (unpaired) electrons. The van der Waals surface area contributed by atoms with Gasteiger partial charge >= 0.3 is 6.09 Å². The first-order valence-corrected chi connectivity index (χ1v) is 4.04. The van der Waals surface area contributed by atoms with Gasteiger partial charge in [-0.05, 0) is 6.42 Å². The number of amides is 1. The van der Waals surface area contributed by atoms with Crippen LogP contribution < -0.4 is 5.32 Å². The van der Waals surface area contributed by atoms with E-state index in [2.05, 4.69) is 5.32 Å². The summed E-state index contributed by atoms with van der Waals surface area (Å²) in [5, 5.41) is 11.8. The van der Waals surface area contributed by atoms with Gasteiger partial charge in [-0.15, -0.1) is 0 Å². The van der Waals surface area contributed by atoms with Gasteiger partial charge < -0.3 is 14.7 Å². The molecule has 2 fully saturated rings. The normalized spacial score (nSPS) is 34.8. The quantitative estimate of drug-likeness (QED) is 0.526. The lowest BCUT2D eigenvalue weighted by atomic mass is 10.0. The molecule has 1 atom stereocenters. The molecule has 1 amide bonds. The standard InChI is InChI=1S/C7H12N2O3/c10-6(11)9-2-1-7(4-9)3-8-5-12-7/h8H,1-5H2,(H,10,11). The summed E-state index contributed by atoms with van der Waals surface area (Å²) in [5.74, 6) is 0. The number of rotatable bonds is 0. The van der Waals surface area contributed by atoms with Crippen molar-refractivity contribution in [3.05, 3.63) is 0 Å². The third-order valence-corrected chi connectivity index (χ3v) is 2.51. The summed E-state index contributed by atoms with van der Waals surface area (Å²) in [6, 6.07) is 0. The molecule has 0 aromatic carbocycles. The van der Waals surface area contributed by atoms with Crippen molar-refractivity contribution in [3.63, 3.8) is 0 Å². The first kappa shape index (κ1) is 7.82. The fraction of sp³-hybridized carbons (Fsp3) is 0.857. The predicted molar refractivity (Wildman–Crippen MR) is 40.9 cm³/mol. The molecule has 2 aliphatic rings. The summed E-state index contributed by atoms with van der Waals surface area (Å²) >= 11 is 0. The minimum atomic E-state index is -0.845. The monoisotopic (exact) mass is 172 g/mol. The topological polar surface area (TPSA) is 61.8 Å². The second kappa shape index (κ2) is 2.60. The maximum atomic E-state index is 10.6. The van der Waals surface area contributed by atoms with Crippen LogP contribution in [0.1, 0.15) is 6.42 Å². The SMILES string of the molecule is O=C(O)N1CCC2(CNCO2)C1. The molecule has 2 saturated heterocycles. The average molecular weight is 172 g/mol. The molecule has 2 N–H and O–H groups in total. The molecule has 2 aliphatic heterocycles. The highest BCUT2D eigenvalue weighted by Gasteiger charge is 2.43. The molecule has 2 rings (SSSR count). The Balaban J connectivity index is 2.01. The van der Waals surface area contributed by atoms with Gasteiger partial charge in [-0.3, -0.25) is 5.32 Å². The summed E-state index contributed by atoms with van der Waals surface area (Å²) in [6.45, 7) is 2.43. The van der Waals surface area contributed by atoms with Crippen LogP contribution in [0.5, 0.6) is 0 Å². The molecule has 5 nitrogen and oxygen atoms in total. The third kappa shape index (κ3) is 1.15. The molecule has 0 aromatic heterocycles. The van der Waals surface area contributed by atoms with Crippen LogP contribution in [0, 0.1) is 0 Å². The van der Waals surface area contributed by atoms with Crippen LogP contribution in [-0.2, 0) is 4.74 Å². The minimum absolute atomic E-state index is 0.224. The zero-order valence-electron chi connectivity index (χ0n) is 6.75. The van der Waals surface area contributed by atoms with Gasteiger partial charge in [-0.1, -0.05) is 0 Å². The van der Waals surface area contributed by atoms with Crippen molar-refractivity contribution in [2.24, 2.45) is 0 Å². The van der Waals surface area contributed by atoms with Gasteiger partial charge in [0.25, 0.3) is 0 Å². The second-order valence-electron chi connectivity index (χ2n) is 3.35. The van der Waals surface area contributed by atoms with E-state index in [1.54, 1.807) is 0 Å². The lowest BCUT2D eigenvalue weighted by molar-refractivity contribution is 0.0197. The largest absolute Gasteiger partial charge is 0.465 e. The van der Waals surface area contributed by atoms with Crippen LogP contribution in [-0.4, -0.2) is 48.1 Å². The van der Waals surface area contributed by atoms with E-state index in [1.807, 2.05) is 0 Å². The van der Waals surface area contributed by atoms with Gasteiger partial charge in [0.2, 0.25) is 0 Å². The molecular formula is C7H12N2O3. The van der Waals surface area contributed by atoms with Crippen LogP contribution in [0.15, 0.2) is 0 Å². The molecule has 0 bridgehead atoms. The molecule has 12 heavy (non-hydrogen) atoms. The maximum absolute atomic E-state index is 10.6. The van der Waals surface area contributed by atoms with E-state index in [4.69, 9.17) is 9.84 Å². The van der Waals surface area contributed by atoms with Crippen LogP contribution in [0.25, 0.3) is 0 Å². The maximum Gasteiger partial charge on any atom is 0.407 e. The Morgan fingerprint density at radius 1 is 1.67 bits per heavy atom.